The van der Waals surface area contributed by atoms with Crippen LogP contribution in [-0.2, 0) is 0 Å². The Morgan fingerprint density at radius 2 is 1.73 bits per heavy atom. The number of rotatable bonds is 2. The molecule has 2 heteroatoms. The molecule has 0 N–H and O–H groups in total. The van der Waals surface area contributed by atoms with Crippen LogP contribution in [0.4, 0.5) is 0 Å². The molecular formula is C9H11NTe. The van der Waals surface area contributed by atoms with Crippen LogP contribution in [0.3, 0.4) is 0 Å². The first-order chi connectivity index (χ1) is 5.22. The van der Waals surface area contributed by atoms with E-state index in [1.165, 1.54) is 9.24 Å². The van der Waals surface area contributed by atoms with Crippen molar-refractivity contribution in [2.24, 2.45) is 0 Å². The zero-order valence-corrected chi connectivity index (χ0v) is 9.07. The molecular weight excluding hydrogens is 250 g/mol. The third kappa shape index (κ3) is 2.32. The molecule has 1 aromatic rings. The Labute approximate surface area is 80.4 Å². The van der Waals surface area contributed by atoms with Crippen LogP contribution in [0.15, 0.2) is 30.3 Å². The summed E-state index contributed by atoms with van der Waals surface area (Å²) >= 11 is 2.05. The van der Waals surface area contributed by atoms with E-state index >= 15 is 0 Å². The standard InChI is InChI=1S/C9H11NTe/c1-10(2)9(11)8-6-4-3-5-7-8/h3-7H,1-2H3. The van der Waals surface area contributed by atoms with Gasteiger partial charge in [-0.2, -0.15) is 0 Å². The Kier molecular flexibility index (Phi) is 3.11. The van der Waals surface area contributed by atoms with E-state index in [1.54, 1.807) is 0 Å². The molecule has 0 saturated heterocycles. The maximum absolute atomic E-state index is 2.12. The van der Waals surface area contributed by atoms with Gasteiger partial charge in [0.2, 0.25) is 0 Å². The topological polar surface area (TPSA) is 3.24 Å². The van der Waals surface area contributed by atoms with Crippen LogP contribution in [0.5, 0.6) is 0 Å². The minimum atomic E-state index is 1.29. The normalized spacial score (nSPS) is 9.27. The van der Waals surface area contributed by atoms with E-state index in [2.05, 4.69) is 43.3 Å². The Hall–Kier alpha value is -0.320. The first kappa shape index (κ1) is 8.77. The van der Waals surface area contributed by atoms with E-state index in [-0.39, 0.29) is 0 Å². The monoisotopic (exact) mass is 263 g/mol. The Morgan fingerprint density at radius 3 is 2.18 bits per heavy atom. The number of nitrogens with zero attached hydrogens (tertiary/aromatic N) is 1. The molecule has 58 valence electrons. The van der Waals surface area contributed by atoms with Crippen LogP contribution in [0, 0.1) is 0 Å². The van der Waals surface area contributed by atoms with E-state index < -0.39 is 0 Å². The van der Waals surface area contributed by atoms with Crippen molar-refractivity contribution >= 4 is 25.5 Å². The third-order valence-corrected chi connectivity index (χ3v) is 3.14. The van der Waals surface area contributed by atoms with Crippen LogP contribution in [-0.4, -0.2) is 44.5 Å². The van der Waals surface area contributed by atoms with Gasteiger partial charge in [0.25, 0.3) is 0 Å². The molecule has 0 heterocycles. The third-order valence-electron chi connectivity index (χ3n) is 1.43. The molecule has 0 aromatic heterocycles. The van der Waals surface area contributed by atoms with Gasteiger partial charge in [-0.25, -0.2) is 0 Å². The predicted molar refractivity (Wildman–Crippen MR) is 50.0 cm³/mol. The molecule has 1 nitrogen and oxygen atoms in total. The zero-order valence-electron chi connectivity index (χ0n) is 6.74. The molecule has 0 aliphatic carbocycles. The van der Waals surface area contributed by atoms with Gasteiger partial charge in [0.1, 0.15) is 0 Å². The van der Waals surface area contributed by atoms with E-state index in [9.17, 15) is 0 Å². The molecule has 0 bridgehead atoms. The van der Waals surface area contributed by atoms with Crippen molar-refractivity contribution < 1.29 is 0 Å². The summed E-state index contributed by atoms with van der Waals surface area (Å²) in [5, 5.41) is 0. The van der Waals surface area contributed by atoms with Gasteiger partial charge in [-0.3, -0.25) is 0 Å². The van der Waals surface area contributed by atoms with Crippen LogP contribution >= 0.6 is 0 Å². The molecule has 1 rings (SSSR count). The van der Waals surface area contributed by atoms with Gasteiger partial charge in [0.05, 0.1) is 0 Å². The van der Waals surface area contributed by atoms with Gasteiger partial charge in [0.15, 0.2) is 0 Å². The average molecular weight is 261 g/mol. The molecule has 0 atom stereocenters. The van der Waals surface area contributed by atoms with E-state index in [0.29, 0.717) is 0 Å². The van der Waals surface area contributed by atoms with Crippen molar-refractivity contribution in [2.45, 2.75) is 0 Å². The van der Waals surface area contributed by atoms with Gasteiger partial charge in [-0.15, -0.1) is 0 Å². The van der Waals surface area contributed by atoms with Crippen molar-refractivity contribution in [1.29, 1.82) is 0 Å². The number of benzene rings is 1. The summed E-state index contributed by atoms with van der Waals surface area (Å²) in [6.45, 7) is 0. The Morgan fingerprint density at radius 1 is 1.18 bits per heavy atom. The van der Waals surface area contributed by atoms with Crippen molar-refractivity contribution in [3.05, 3.63) is 35.9 Å². The first-order valence-electron chi connectivity index (χ1n) is 3.48. The van der Waals surface area contributed by atoms with Crippen molar-refractivity contribution in [1.82, 2.24) is 4.90 Å². The van der Waals surface area contributed by atoms with Gasteiger partial charge in [-0.1, -0.05) is 0 Å². The minimum absolute atomic E-state index is 1.29. The fraction of sp³-hybridized carbons (Fsp3) is 0.222. The summed E-state index contributed by atoms with van der Waals surface area (Å²) in [7, 11) is 4.12. The first-order valence-corrected chi connectivity index (χ1v) is 4.65. The molecule has 1 aromatic carbocycles. The summed E-state index contributed by atoms with van der Waals surface area (Å²) in [4.78, 5) is 2.12. The molecule has 0 fully saturated rings. The molecule has 0 unspecified atom stereocenters. The summed E-state index contributed by atoms with van der Waals surface area (Å²) in [6, 6.07) is 10.4. The van der Waals surface area contributed by atoms with E-state index in [1.807, 2.05) is 27.9 Å². The van der Waals surface area contributed by atoms with Gasteiger partial charge < -0.3 is 0 Å². The van der Waals surface area contributed by atoms with Crippen molar-refractivity contribution in [2.75, 3.05) is 14.1 Å². The summed E-state index contributed by atoms with van der Waals surface area (Å²) in [5.74, 6) is 0. The van der Waals surface area contributed by atoms with Crippen molar-refractivity contribution in [3.8, 4) is 0 Å². The Bertz CT molecular complexity index is 241. The fourth-order valence-corrected chi connectivity index (χ4v) is 1.23. The van der Waals surface area contributed by atoms with Crippen LogP contribution < -0.4 is 0 Å². The second kappa shape index (κ2) is 3.90. The van der Waals surface area contributed by atoms with Gasteiger partial charge >= 0.3 is 80.4 Å². The molecule has 0 aliphatic heterocycles. The van der Waals surface area contributed by atoms with Crippen LogP contribution in [0.2, 0.25) is 0 Å². The van der Waals surface area contributed by atoms with E-state index in [0.717, 1.165) is 0 Å². The second-order valence-corrected chi connectivity index (χ2v) is 3.67. The summed E-state index contributed by atoms with van der Waals surface area (Å²) in [5.41, 5.74) is 1.29. The van der Waals surface area contributed by atoms with Crippen molar-refractivity contribution in [3.63, 3.8) is 0 Å². The molecule has 0 amide bonds. The summed E-state index contributed by atoms with van der Waals surface area (Å²) in [6.07, 6.45) is 0. The van der Waals surface area contributed by atoms with Crippen LogP contribution in [0.1, 0.15) is 5.56 Å². The molecule has 11 heavy (non-hydrogen) atoms. The van der Waals surface area contributed by atoms with Gasteiger partial charge in [0, 0.05) is 0 Å². The molecule has 0 spiro atoms. The predicted octanol–water partition coefficient (Wildman–Crippen LogP) is 0.895. The second-order valence-electron chi connectivity index (χ2n) is 2.57. The number of hydrogen-bond donors (Lipinski definition) is 0. The molecule has 0 radical (unpaired) electrons. The quantitative estimate of drug-likeness (QED) is 0.714. The van der Waals surface area contributed by atoms with Gasteiger partial charge in [-0.05, 0) is 0 Å². The SMILES string of the molecule is CN(C)C(=[Te])c1ccccc1. The number of hydrogen-bond acceptors (Lipinski definition) is 1. The molecule has 0 saturated carbocycles. The molecule has 0 aliphatic rings. The Balaban J connectivity index is 2.86. The van der Waals surface area contributed by atoms with E-state index in [4.69, 9.17) is 0 Å². The zero-order chi connectivity index (χ0) is 8.27. The fourth-order valence-electron chi connectivity index (χ4n) is 0.839. The maximum atomic E-state index is 2.12. The summed E-state index contributed by atoms with van der Waals surface area (Å²) < 4.78 is 1.31. The average Bonchev–Trinajstić information content (AvgIpc) is 2.05. The van der Waals surface area contributed by atoms with Crippen LogP contribution in [0.25, 0.3) is 0 Å².